The summed E-state index contributed by atoms with van der Waals surface area (Å²) >= 11 is 0. The molecule has 7 nitrogen and oxygen atoms in total. The summed E-state index contributed by atoms with van der Waals surface area (Å²) in [6, 6.07) is 6.02. The Bertz CT molecular complexity index is 869. The molecule has 2 rings (SSSR count). The number of carbonyl (C=O) groups excluding carboxylic acids is 1. The van der Waals surface area contributed by atoms with Crippen molar-refractivity contribution in [3.8, 4) is 0 Å². The molecule has 0 saturated heterocycles. The van der Waals surface area contributed by atoms with Crippen molar-refractivity contribution in [2.24, 2.45) is 0 Å². The number of nitrogens with one attached hydrogen (secondary N) is 1. The molecule has 1 N–H and O–H groups in total. The summed E-state index contributed by atoms with van der Waals surface area (Å²) in [6.45, 7) is 7.45. The lowest BCUT2D eigenvalue weighted by molar-refractivity contribution is 0.0596. The Labute approximate surface area is 141 Å². The zero-order chi connectivity index (χ0) is 18.1. The maximum absolute atomic E-state index is 12.8. The SMILES string of the molecule is COC(=O)c1ccccc1S(=O)(=O)Nc1c(C)nn(C(C)C)c1C. The third-order valence-corrected chi connectivity index (χ3v) is 5.04. The van der Waals surface area contributed by atoms with Gasteiger partial charge < -0.3 is 4.74 Å². The van der Waals surface area contributed by atoms with Gasteiger partial charge in [-0.25, -0.2) is 13.2 Å². The molecule has 1 heterocycles. The van der Waals surface area contributed by atoms with Crippen LogP contribution < -0.4 is 4.72 Å². The molecule has 0 unspecified atom stereocenters. The molecule has 0 amide bonds. The van der Waals surface area contributed by atoms with Crippen LogP contribution in [0.25, 0.3) is 0 Å². The van der Waals surface area contributed by atoms with E-state index in [2.05, 4.69) is 14.6 Å². The van der Waals surface area contributed by atoms with E-state index in [1.807, 2.05) is 13.8 Å². The minimum Gasteiger partial charge on any atom is -0.465 e. The standard InChI is InChI=1S/C16H21N3O4S/c1-10(2)19-12(4)15(11(3)17-19)18-24(21,22)14-9-7-6-8-13(14)16(20)23-5/h6-10,18H,1-5H3. The van der Waals surface area contributed by atoms with E-state index in [-0.39, 0.29) is 16.5 Å². The molecular formula is C16H21N3O4S. The molecule has 0 aliphatic rings. The predicted molar refractivity (Wildman–Crippen MR) is 90.7 cm³/mol. The van der Waals surface area contributed by atoms with Crippen LogP contribution in [0, 0.1) is 13.8 Å². The van der Waals surface area contributed by atoms with Crippen LogP contribution in [0.3, 0.4) is 0 Å². The van der Waals surface area contributed by atoms with Crippen LogP contribution in [0.5, 0.6) is 0 Å². The number of carbonyl (C=O) groups is 1. The number of esters is 1. The molecule has 0 saturated carbocycles. The first-order valence-electron chi connectivity index (χ1n) is 7.45. The Morgan fingerprint density at radius 3 is 2.42 bits per heavy atom. The highest BCUT2D eigenvalue weighted by Crippen LogP contribution is 2.26. The van der Waals surface area contributed by atoms with Crippen molar-refractivity contribution in [2.75, 3.05) is 11.8 Å². The Kier molecular flexibility index (Phi) is 4.98. The van der Waals surface area contributed by atoms with Gasteiger partial charge in [0, 0.05) is 6.04 Å². The van der Waals surface area contributed by atoms with Gasteiger partial charge in [-0.1, -0.05) is 12.1 Å². The summed E-state index contributed by atoms with van der Waals surface area (Å²) in [5.74, 6) is -0.706. The number of anilines is 1. The second-order valence-electron chi connectivity index (χ2n) is 5.68. The van der Waals surface area contributed by atoms with E-state index in [4.69, 9.17) is 0 Å². The van der Waals surface area contributed by atoms with Crippen molar-refractivity contribution in [3.63, 3.8) is 0 Å². The number of aromatic nitrogens is 2. The first-order chi connectivity index (χ1) is 11.2. The second-order valence-corrected chi connectivity index (χ2v) is 7.33. The van der Waals surface area contributed by atoms with Gasteiger partial charge in [0.2, 0.25) is 0 Å². The van der Waals surface area contributed by atoms with E-state index in [0.717, 1.165) is 0 Å². The quantitative estimate of drug-likeness (QED) is 0.836. The van der Waals surface area contributed by atoms with Crippen LogP contribution in [0.1, 0.15) is 41.6 Å². The lowest BCUT2D eigenvalue weighted by Crippen LogP contribution is -2.18. The van der Waals surface area contributed by atoms with Crippen LogP contribution in [-0.2, 0) is 14.8 Å². The van der Waals surface area contributed by atoms with Crippen molar-refractivity contribution < 1.29 is 17.9 Å². The zero-order valence-electron chi connectivity index (χ0n) is 14.3. The molecule has 0 bridgehead atoms. The maximum atomic E-state index is 12.8. The number of methoxy groups -OCH3 is 1. The fourth-order valence-electron chi connectivity index (χ4n) is 2.48. The summed E-state index contributed by atoms with van der Waals surface area (Å²) in [7, 11) is -2.75. The number of hydrogen-bond acceptors (Lipinski definition) is 5. The van der Waals surface area contributed by atoms with Crippen LogP contribution >= 0.6 is 0 Å². The normalized spacial score (nSPS) is 11.6. The number of benzene rings is 1. The molecule has 130 valence electrons. The Morgan fingerprint density at radius 1 is 1.25 bits per heavy atom. The van der Waals surface area contributed by atoms with Gasteiger partial charge in [0.25, 0.3) is 10.0 Å². The van der Waals surface area contributed by atoms with Crippen molar-refractivity contribution in [1.29, 1.82) is 0 Å². The molecule has 0 radical (unpaired) electrons. The highest BCUT2D eigenvalue weighted by molar-refractivity contribution is 7.92. The monoisotopic (exact) mass is 351 g/mol. The van der Waals surface area contributed by atoms with Gasteiger partial charge in [-0.2, -0.15) is 5.10 Å². The molecule has 0 atom stereocenters. The summed E-state index contributed by atoms with van der Waals surface area (Å²) in [5, 5.41) is 4.36. The number of ether oxygens (including phenoxy) is 1. The molecule has 0 aliphatic heterocycles. The lowest BCUT2D eigenvalue weighted by Gasteiger charge is -2.12. The summed E-state index contributed by atoms with van der Waals surface area (Å²) in [5.41, 5.74) is 1.68. The van der Waals surface area contributed by atoms with Gasteiger partial charge in [-0.15, -0.1) is 0 Å². The summed E-state index contributed by atoms with van der Waals surface area (Å²) < 4.78 is 34.5. The third-order valence-electron chi connectivity index (χ3n) is 3.63. The van der Waals surface area contributed by atoms with Crippen molar-refractivity contribution >= 4 is 21.7 Å². The van der Waals surface area contributed by atoms with Crippen LogP contribution in [0.15, 0.2) is 29.2 Å². The van der Waals surface area contributed by atoms with Crippen molar-refractivity contribution in [1.82, 2.24) is 9.78 Å². The van der Waals surface area contributed by atoms with Gasteiger partial charge in [0.15, 0.2) is 0 Å². The van der Waals surface area contributed by atoms with Gasteiger partial charge >= 0.3 is 5.97 Å². The van der Waals surface area contributed by atoms with E-state index in [9.17, 15) is 13.2 Å². The molecule has 2 aromatic rings. The van der Waals surface area contributed by atoms with Gasteiger partial charge in [-0.05, 0) is 39.8 Å². The fraction of sp³-hybridized carbons (Fsp3) is 0.375. The molecule has 0 spiro atoms. The van der Waals surface area contributed by atoms with E-state index < -0.39 is 16.0 Å². The second kappa shape index (κ2) is 6.64. The molecular weight excluding hydrogens is 330 g/mol. The van der Waals surface area contributed by atoms with Crippen LogP contribution in [0.4, 0.5) is 5.69 Å². The highest BCUT2D eigenvalue weighted by atomic mass is 32.2. The van der Waals surface area contributed by atoms with Crippen molar-refractivity contribution in [3.05, 3.63) is 41.2 Å². The predicted octanol–water partition coefficient (Wildman–Crippen LogP) is 2.67. The van der Waals surface area contributed by atoms with Crippen molar-refractivity contribution in [2.45, 2.75) is 38.6 Å². The molecule has 8 heteroatoms. The van der Waals surface area contributed by atoms with E-state index >= 15 is 0 Å². The first kappa shape index (κ1) is 18.0. The lowest BCUT2D eigenvalue weighted by atomic mass is 10.2. The maximum Gasteiger partial charge on any atom is 0.339 e. The van der Waals surface area contributed by atoms with Crippen LogP contribution in [-0.4, -0.2) is 31.3 Å². The summed E-state index contributed by atoms with van der Waals surface area (Å²) in [6.07, 6.45) is 0. The highest BCUT2D eigenvalue weighted by Gasteiger charge is 2.25. The van der Waals surface area contributed by atoms with Gasteiger partial charge in [-0.3, -0.25) is 9.40 Å². The zero-order valence-corrected chi connectivity index (χ0v) is 15.1. The number of sulfonamides is 1. The average Bonchev–Trinajstić information content (AvgIpc) is 2.82. The van der Waals surface area contributed by atoms with E-state index in [1.54, 1.807) is 30.7 Å². The number of aryl methyl sites for hydroxylation is 1. The molecule has 0 aliphatic carbocycles. The smallest absolute Gasteiger partial charge is 0.339 e. The average molecular weight is 351 g/mol. The summed E-state index contributed by atoms with van der Waals surface area (Å²) in [4.78, 5) is 11.7. The molecule has 0 fully saturated rings. The fourth-order valence-corrected chi connectivity index (χ4v) is 3.86. The Balaban J connectivity index is 2.50. The number of hydrogen-bond donors (Lipinski definition) is 1. The van der Waals surface area contributed by atoms with E-state index in [0.29, 0.717) is 17.1 Å². The Morgan fingerprint density at radius 2 is 1.88 bits per heavy atom. The molecule has 1 aromatic carbocycles. The van der Waals surface area contributed by atoms with Gasteiger partial charge in [0.1, 0.15) is 4.90 Å². The largest absolute Gasteiger partial charge is 0.465 e. The Hall–Kier alpha value is -2.35. The van der Waals surface area contributed by atoms with Gasteiger partial charge in [0.05, 0.1) is 29.7 Å². The molecule has 1 aromatic heterocycles. The number of rotatable bonds is 5. The number of nitrogens with zero attached hydrogens (tertiary/aromatic N) is 2. The topological polar surface area (TPSA) is 90.3 Å². The van der Waals surface area contributed by atoms with E-state index in [1.165, 1.54) is 19.2 Å². The third kappa shape index (κ3) is 3.28. The minimum atomic E-state index is -3.96. The minimum absolute atomic E-state index is 0.0148. The first-order valence-corrected chi connectivity index (χ1v) is 8.93. The molecule has 24 heavy (non-hydrogen) atoms. The van der Waals surface area contributed by atoms with Crippen LogP contribution in [0.2, 0.25) is 0 Å².